The first-order valence-corrected chi connectivity index (χ1v) is 7.36. The van der Waals surface area contributed by atoms with Crippen LogP contribution in [0.3, 0.4) is 0 Å². The van der Waals surface area contributed by atoms with Gasteiger partial charge in [-0.05, 0) is 57.0 Å². The molecule has 0 atom stereocenters. The summed E-state index contributed by atoms with van der Waals surface area (Å²) < 4.78 is 5.70. The van der Waals surface area contributed by atoms with Gasteiger partial charge in [-0.2, -0.15) is 0 Å². The van der Waals surface area contributed by atoms with Gasteiger partial charge >= 0.3 is 0 Å². The third-order valence-electron chi connectivity index (χ3n) is 3.85. The van der Waals surface area contributed by atoms with Crippen LogP contribution in [0.1, 0.15) is 30.4 Å². The van der Waals surface area contributed by atoms with Crippen LogP contribution >= 0.6 is 12.4 Å². The van der Waals surface area contributed by atoms with Crippen molar-refractivity contribution in [1.82, 2.24) is 10.6 Å². The number of piperidine rings is 1. The minimum Gasteiger partial charge on any atom is -0.493 e. The van der Waals surface area contributed by atoms with Crippen molar-refractivity contribution < 1.29 is 9.53 Å². The summed E-state index contributed by atoms with van der Waals surface area (Å²) in [7, 11) is 0. The van der Waals surface area contributed by atoms with Gasteiger partial charge in [-0.3, -0.25) is 4.79 Å². The summed E-state index contributed by atoms with van der Waals surface area (Å²) in [6.07, 6.45) is 2.45. The molecule has 1 fully saturated rings. The molecule has 0 spiro atoms. The number of hydrogen-bond acceptors (Lipinski definition) is 3. The predicted octanol–water partition coefficient (Wildman–Crippen LogP) is 2.36. The number of aryl methyl sites for hydroxylation is 1. The maximum Gasteiger partial charge on any atom is 0.223 e. The highest BCUT2D eigenvalue weighted by Crippen LogP contribution is 2.20. The van der Waals surface area contributed by atoms with E-state index in [0.717, 1.165) is 37.2 Å². The van der Waals surface area contributed by atoms with E-state index in [2.05, 4.69) is 23.6 Å². The lowest BCUT2D eigenvalue weighted by atomic mass is 10.1. The first-order chi connectivity index (χ1) is 9.66. The van der Waals surface area contributed by atoms with Crippen molar-refractivity contribution >= 4 is 18.3 Å². The molecule has 2 N–H and O–H groups in total. The van der Waals surface area contributed by atoms with Crippen molar-refractivity contribution in [2.45, 2.75) is 39.2 Å². The van der Waals surface area contributed by atoms with Gasteiger partial charge < -0.3 is 15.4 Å². The highest BCUT2D eigenvalue weighted by molar-refractivity contribution is 5.85. The number of carbonyl (C=O) groups is 1. The van der Waals surface area contributed by atoms with Crippen LogP contribution in [0.15, 0.2) is 18.2 Å². The Balaban J connectivity index is 0.00000220. The zero-order valence-electron chi connectivity index (χ0n) is 12.8. The summed E-state index contributed by atoms with van der Waals surface area (Å²) in [6.45, 7) is 6.51. The van der Waals surface area contributed by atoms with Gasteiger partial charge in [0, 0.05) is 6.04 Å². The summed E-state index contributed by atoms with van der Waals surface area (Å²) >= 11 is 0. The maximum absolute atomic E-state index is 11.8. The number of carbonyl (C=O) groups excluding carboxylic acids is 1. The van der Waals surface area contributed by atoms with Crippen LogP contribution in [0, 0.1) is 13.8 Å². The van der Waals surface area contributed by atoms with Crippen molar-refractivity contribution in [3.63, 3.8) is 0 Å². The van der Waals surface area contributed by atoms with Gasteiger partial charge in [0.2, 0.25) is 5.91 Å². The van der Waals surface area contributed by atoms with E-state index in [1.807, 2.05) is 19.1 Å². The second kappa shape index (κ2) is 8.90. The van der Waals surface area contributed by atoms with E-state index < -0.39 is 0 Å². The van der Waals surface area contributed by atoms with E-state index in [4.69, 9.17) is 4.74 Å². The van der Waals surface area contributed by atoms with Crippen LogP contribution in [0.5, 0.6) is 5.75 Å². The van der Waals surface area contributed by atoms with Crippen LogP contribution < -0.4 is 15.4 Å². The topological polar surface area (TPSA) is 50.4 Å². The third-order valence-corrected chi connectivity index (χ3v) is 3.85. The molecule has 1 amide bonds. The number of benzene rings is 1. The van der Waals surface area contributed by atoms with Crippen molar-refractivity contribution in [3.8, 4) is 5.75 Å². The van der Waals surface area contributed by atoms with E-state index in [1.54, 1.807) is 0 Å². The first kappa shape index (κ1) is 17.8. The number of amides is 1. The van der Waals surface area contributed by atoms with E-state index in [9.17, 15) is 4.79 Å². The Bertz CT molecular complexity index is 460. The number of nitrogens with one attached hydrogen (secondary N) is 2. The molecule has 1 aromatic carbocycles. The van der Waals surface area contributed by atoms with E-state index >= 15 is 0 Å². The summed E-state index contributed by atoms with van der Waals surface area (Å²) in [5.41, 5.74) is 2.35. The molecule has 2 rings (SSSR count). The number of ether oxygens (including phenoxy) is 1. The highest BCUT2D eigenvalue weighted by atomic mass is 35.5. The highest BCUT2D eigenvalue weighted by Gasteiger charge is 2.15. The Morgan fingerprint density at radius 2 is 2.05 bits per heavy atom. The van der Waals surface area contributed by atoms with Crippen LogP contribution in [0.4, 0.5) is 0 Å². The summed E-state index contributed by atoms with van der Waals surface area (Å²) in [5.74, 6) is 0.960. The lowest BCUT2D eigenvalue weighted by molar-refractivity contribution is -0.122. The van der Waals surface area contributed by atoms with Crippen molar-refractivity contribution in [2.75, 3.05) is 19.7 Å². The van der Waals surface area contributed by atoms with Crippen molar-refractivity contribution in [1.29, 1.82) is 0 Å². The van der Waals surface area contributed by atoms with E-state index in [-0.39, 0.29) is 18.3 Å². The van der Waals surface area contributed by atoms with Crippen LogP contribution in [0.25, 0.3) is 0 Å². The van der Waals surface area contributed by atoms with Gasteiger partial charge in [0.25, 0.3) is 0 Å². The summed E-state index contributed by atoms with van der Waals surface area (Å²) in [4.78, 5) is 11.8. The Hall–Kier alpha value is -1.26. The molecular formula is C16H25ClN2O2. The Morgan fingerprint density at radius 1 is 1.33 bits per heavy atom. The lowest BCUT2D eigenvalue weighted by Gasteiger charge is -2.23. The molecule has 0 saturated carbocycles. The van der Waals surface area contributed by atoms with E-state index in [1.165, 1.54) is 5.56 Å². The molecule has 4 nitrogen and oxygen atoms in total. The molecular weight excluding hydrogens is 288 g/mol. The number of halogens is 1. The van der Waals surface area contributed by atoms with Gasteiger partial charge in [0.15, 0.2) is 0 Å². The fourth-order valence-corrected chi connectivity index (χ4v) is 2.40. The monoisotopic (exact) mass is 312 g/mol. The van der Waals surface area contributed by atoms with Crippen molar-refractivity contribution in [3.05, 3.63) is 29.3 Å². The smallest absolute Gasteiger partial charge is 0.223 e. The molecule has 0 aromatic heterocycles. The predicted molar refractivity (Wildman–Crippen MR) is 87.3 cm³/mol. The zero-order valence-corrected chi connectivity index (χ0v) is 13.6. The van der Waals surface area contributed by atoms with E-state index in [0.29, 0.717) is 19.1 Å². The van der Waals surface area contributed by atoms with Gasteiger partial charge in [0.05, 0.1) is 13.0 Å². The fraction of sp³-hybridized carbons (Fsp3) is 0.562. The minimum atomic E-state index is 0. The molecule has 0 aliphatic carbocycles. The largest absolute Gasteiger partial charge is 0.493 e. The zero-order chi connectivity index (χ0) is 14.4. The van der Waals surface area contributed by atoms with Crippen LogP contribution in [-0.2, 0) is 4.79 Å². The maximum atomic E-state index is 11.8. The molecule has 21 heavy (non-hydrogen) atoms. The average molecular weight is 313 g/mol. The SMILES string of the molecule is Cc1cccc(OCCC(=O)NC2CCNCC2)c1C.Cl. The molecule has 0 bridgehead atoms. The first-order valence-electron chi connectivity index (χ1n) is 7.36. The van der Waals surface area contributed by atoms with Gasteiger partial charge in [-0.25, -0.2) is 0 Å². The average Bonchev–Trinajstić information content (AvgIpc) is 2.44. The van der Waals surface area contributed by atoms with Gasteiger partial charge in [-0.1, -0.05) is 12.1 Å². The fourth-order valence-electron chi connectivity index (χ4n) is 2.40. The molecule has 0 radical (unpaired) electrons. The molecule has 1 saturated heterocycles. The molecule has 5 heteroatoms. The molecule has 0 unspecified atom stereocenters. The number of rotatable bonds is 5. The summed E-state index contributed by atoms with van der Waals surface area (Å²) in [5, 5.41) is 6.36. The van der Waals surface area contributed by atoms with Crippen LogP contribution in [-0.4, -0.2) is 31.6 Å². The molecule has 1 aliphatic rings. The quantitative estimate of drug-likeness (QED) is 0.877. The third kappa shape index (κ3) is 5.56. The number of hydrogen-bond donors (Lipinski definition) is 2. The van der Waals surface area contributed by atoms with Crippen LogP contribution in [0.2, 0.25) is 0 Å². The second-order valence-corrected chi connectivity index (χ2v) is 5.39. The standard InChI is InChI=1S/C16H24N2O2.ClH/c1-12-4-3-5-15(13(12)2)20-11-8-16(19)18-14-6-9-17-10-7-14;/h3-5,14,17H,6-11H2,1-2H3,(H,18,19);1H. The molecule has 118 valence electrons. The molecule has 1 heterocycles. The Kier molecular flexibility index (Phi) is 7.54. The Labute approximate surface area is 133 Å². The summed E-state index contributed by atoms with van der Waals surface area (Å²) in [6, 6.07) is 6.32. The van der Waals surface area contributed by atoms with Gasteiger partial charge in [0.1, 0.15) is 5.75 Å². The molecule has 1 aromatic rings. The lowest BCUT2D eigenvalue weighted by Crippen LogP contribution is -2.43. The van der Waals surface area contributed by atoms with Crippen molar-refractivity contribution in [2.24, 2.45) is 0 Å². The Morgan fingerprint density at radius 3 is 2.76 bits per heavy atom. The minimum absolute atomic E-state index is 0. The second-order valence-electron chi connectivity index (χ2n) is 5.39. The van der Waals surface area contributed by atoms with Gasteiger partial charge in [-0.15, -0.1) is 12.4 Å². The normalized spacial score (nSPS) is 15.1. The molecule has 1 aliphatic heterocycles.